The minimum atomic E-state index is -0.305. The van der Waals surface area contributed by atoms with Crippen LogP contribution in [0.5, 0.6) is 0 Å². The Kier molecular flexibility index (Phi) is 5.93. The Morgan fingerprint density at radius 3 is 2.50 bits per heavy atom. The number of carbonyl (C=O) groups excluding carboxylic acids is 1. The van der Waals surface area contributed by atoms with Gasteiger partial charge in [-0.1, -0.05) is 19.1 Å². The van der Waals surface area contributed by atoms with Crippen molar-refractivity contribution in [2.45, 2.75) is 39.0 Å². The van der Waals surface area contributed by atoms with Crippen molar-refractivity contribution in [3.05, 3.63) is 57.3 Å². The summed E-state index contributed by atoms with van der Waals surface area (Å²) in [4.78, 5) is 27.6. The van der Waals surface area contributed by atoms with Gasteiger partial charge < -0.3 is 5.32 Å². The predicted molar refractivity (Wildman–Crippen MR) is 109 cm³/mol. The third kappa shape index (κ3) is 4.30. The van der Waals surface area contributed by atoms with Gasteiger partial charge >= 0.3 is 0 Å². The van der Waals surface area contributed by atoms with Crippen LogP contribution in [0, 0.1) is 20.8 Å². The lowest BCUT2D eigenvalue weighted by atomic mass is 10.1. The van der Waals surface area contributed by atoms with Gasteiger partial charge in [0.25, 0.3) is 11.5 Å². The van der Waals surface area contributed by atoms with Gasteiger partial charge in [-0.3, -0.25) is 14.6 Å². The van der Waals surface area contributed by atoms with E-state index >= 15 is 0 Å². The summed E-state index contributed by atoms with van der Waals surface area (Å²) < 4.78 is 1.53. The number of anilines is 1. The first-order valence-corrected chi connectivity index (χ1v) is 9.89. The van der Waals surface area contributed by atoms with E-state index in [0.717, 1.165) is 28.4 Å². The zero-order valence-corrected chi connectivity index (χ0v) is 17.1. The Labute approximate surface area is 166 Å². The number of hydrogen-bond donors (Lipinski definition) is 2. The number of nitrogens with zero attached hydrogens (tertiary/aromatic N) is 4. The fourth-order valence-corrected chi connectivity index (χ4v) is 3.57. The minimum absolute atomic E-state index is 0.0932. The average Bonchev–Trinajstić information content (AvgIpc) is 2.97. The molecule has 3 aromatic rings. The van der Waals surface area contributed by atoms with Crippen LogP contribution in [0.2, 0.25) is 0 Å². The molecule has 2 heterocycles. The molecule has 0 bridgehead atoms. The number of benzene rings is 1. The molecule has 0 radical (unpaired) electrons. The van der Waals surface area contributed by atoms with E-state index in [1.54, 1.807) is 6.92 Å². The molecule has 0 aliphatic heterocycles. The van der Waals surface area contributed by atoms with Crippen LogP contribution in [0.3, 0.4) is 0 Å². The Morgan fingerprint density at radius 2 is 1.86 bits per heavy atom. The van der Waals surface area contributed by atoms with Crippen LogP contribution in [0.15, 0.2) is 34.0 Å². The number of thioether (sulfide) groups is 1. The summed E-state index contributed by atoms with van der Waals surface area (Å²) in [6.45, 7) is 7.40. The molecule has 0 aliphatic carbocycles. The van der Waals surface area contributed by atoms with Crippen LogP contribution < -0.4 is 10.9 Å². The van der Waals surface area contributed by atoms with Gasteiger partial charge in [0.05, 0.1) is 22.0 Å². The van der Waals surface area contributed by atoms with Gasteiger partial charge in [0.2, 0.25) is 5.91 Å². The molecule has 0 atom stereocenters. The molecule has 0 saturated heterocycles. The molecule has 1 aromatic carbocycles. The maximum absolute atomic E-state index is 12.3. The SMILES string of the molecule is CCc1ccc(NC(=O)CSc2c(C)nn(-c3nnc(C)c(=O)[nH]3)c2C)cc1. The Bertz CT molecular complexity index is 1060. The molecular weight excluding hydrogens is 376 g/mol. The van der Waals surface area contributed by atoms with E-state index in [4.69, 9.17) is 0 Å². The van der Waals surface area contributed by atoms with Gasteiger partial charge in [-0.25, -0.2) is 4.68 Å². The molecule has 3 rings (SSSR count). The smallest absolute Gasteiger partial charge is 0.274 e. The van der Waals surface area contributed by atoms with Crippen LogP contribution in [-0.2, 0) is 11.2 Å². The Balaban J connectivity index is 1.70. The quantitative estimate of drug-likeness (QED) is 0.618. The van der Waals surface area contributed by atoms with Crippen LogP contribution in [0.25, 0.3) is 5.95 Å². The van der Waals surface area contributed by atoms with Crippen molar-refractivity contribution in [3.8, 4) is 5.95 Å². The number of rotatable bonds is 6. The summed E-state index contributed by atoms with van der Waals surface area (Å²) in [5, 5.41) is 15.2. The molecule has 9 heteroatoms. The lowest BCUT2D eigenvalue weighted by molar-refractivity contribution is -0.113. The first-order valence-electron chi connectivity index (χ1n) is 8.90. The van der Waals surface area contributed by atoms with E-state index in [1.165, 1.54) is 22.0 Å². The molecular formula is C19H22N6O2S. The topological polar surface area (TPSA) is 106 Å². The van der Waals surface area contributed by atoms with Crippen molar-refractivity contribution in [1.82, 2.24) is 25.0 Å². The normalized spacial score (nSPS) is 10.9. The molecule has 0 aliphatic rings. The first kappa shape index (κ1) is 19.8. The van der Waals surface area contributed by atoms with Gasteiger partial charge in [-0.15, -0.1) is 22.0 Å². The highest BCUT2D eigenvalue weighted by atomic mass is 32.2. The van der Waals surface area contributed by atoms with Gasteiger partial charge in [0.1, 0.15) is 5.69 Å². The fraction of sp³-hybridized carbons (Fsp3) is 0.316. The second-order valence-corrected chi connectivity index (χ2v) is 7.35. The third-order valence-electron chi connectivity index (χ3n) is 4.27. The highest BCUT2D eigenvalue weighted by molar-refractivity contribution is 8.00. The Morgan fingerprint density at radius 1 is 1.14 bits per heavy atom. The van der Waals surface area contributed by atoms with Crippen LogP contribution in [-0.4, -0.2) is 36.6 Å². The van der Waals surface area contributed by atoms with Gasteiger partial charge in [0.15, 0.2) is 0 Å². The largest absolute Gasteiger partial charge is 0.325 e. The molecule has 0 fully saturated rings. The number of aryl methyl sites for hydroxylation is 3. The average molecular weight is 398 g/mol. The van der Waals surface area contributed by atoms with E-state index in [2.05, 4.69) is 32.5 Å². The first-order chi connectivity index (χ1) is 13.4. The molecule has 28 heavy (non-hydrogen) atoms. The third-order valence-corrected chi connectivity index (χ3v) is 5.55. The van der Waals surface area contributed by atoms with Crippen LogP contribution in [0.1, 0.15) is 29.6 Å². The van der Waals surface area contributed by atoms with Crippen LogP contribution >= 0.6 is 11.8 Å². The van der Waals surface area contributed by atoms with E-state index in [-0.39, 0.29) is 23.2 Å². The number of aromatic nitrogens is 5. The standard InChI is InChI=1S/C19H22N6O2S/c1-5-14-6-8-15(9-7-14)20-16(26)10-28-17-11(2)24-25(13(17)4)19-21-18(27)12(3)22-23-19/h6-9H,5,10H2,1-4H3,(H,20,26)(H,21,23,27). The zero-order chi connectivity index (χ0) is 20.3. The lowest BCUT2D eigenvalue weighted by Crippen LogP contribution is -2.18. The molecule has 146 valence electrons. The lowest BCUT2D eigenvalue weighted by Gasteiger charge is -2.07. The summed E-state index contributed by atoms with van der Waals surface area (Å²) in [7, 11) is 0. The van der Waals surface area contributed by atoms with Gasteiger partial charge in [-0.05, 0) is 44.9 Å². The number of carbonyl (C=O) groups is 1. The van der Waals surface area contributed by atoms with Crippen molar-refractivity contribution in [1.29, 1.82) is 0 Å². The zero-order valence-electron chi connectivity index (χ0n) is 16.2. The summed E-state index contributed by atoms with van der Waals surface area (Å²) in [6, 6.07) is 7.82. The monoisotopic (exact) mass is 398 g/mol. The van der Waals surface area contributed by atoms with Crippen molar-refractivity contribution in [3.63, 3.8) is 0 Å². The fourth-order valence-electron chi connectivity index (χ4n) is 2.68. The number of amides is 1. The highest BCUT2D eigenvalue weighted by Gasteiger charge is 2.16. The number of aromatic amines is 1. The summed E-state index contributed by atoms with van der Waals surface area (Å²) in [5.74, 6) is 0.409. The predicted octanol–water partition coefficient (Wildman–Crippen LogP) is 2.57. The Hall–Kier alpha value is -2.94. The van der Waals surface area contributed by atoms with Crippen molar-refractivity contribution >= 4 is 23.4 Å². The summed E-state index contributed by atoms with van der Waals surface area (Å²) >= 11 is 1.40. The van der Waals surface area contributed by atoms with Crippen molar-refractivity contribution in [2.24, 2.45) is 0 Å². The summed E-state index contributed by atoms with van der Waals surface area (Å²) in [5.41, 5.74) is 3.54. The van der Waals surface area contributed by atoms with Gasteiger partial charge in [-0.2, -0.15) is 5.10 Å². The second kappa shape index (κ2) is 8.39. The molecule has 0 spiro atoms. The second-order valence-electron chi connectivity index (χ2n) is 6.36. The van der Waals surface area contributed by atoms with Crippen LogP contribution in [0.4, 0.5) is 5.69 Å². The van der Waals surface area contributed by atoms with Crippen molar-refractivity contribution in [2.75, 3.05) is 11.1 Å². The van der Waals surface area contributed by atoms with Crippen molar-refractivity contribution < 1.29 is 4.79 Å². The molecule has 1 amide bonds. The molecule has 0 saturated carbocycles. The van der Waals surface area contributed by atoms with E-state index in [0.29, 0.717) is 5.69 Å². The van der Waals surface area contributed by atoms with E-state index in [9.17, 15) is 9.59 Å². The minimum Gasteiger partial charge on any atom is -0.325 e. The number of H-pyrrole nitrogens is 1. The highest BCUT2D eigenvalue weighted by Crippen LogP contribution is 2.27. The molecule has 2 aromatic heterocycles. The maximum atomic E-state index is 12.3. The number of nitrogens with one attached hydrogen (secondary N) is 2. The molecule has 8 nitrogen and oxygen atoms in total. The van der Waals surface area contributed by atoms with E-state index < -0.39 is 0 Å². The summed E-state index contributed by atoms with van der Waals surface area (Å²) in [6.07, 6.45) is 0.962. The molecule has 0 unspecified atom stereocenters. The van der Waals surface area contributed by atoms with E-state index in [1.807, 2.05) is 38.1 Å². The molecule has 2 N–H and O–H groups in total. The maximum Gasteiger partial charge on any atom is 0.274 e. The number of hydrogen-bond acceptors (Lipinski definition) is 6. The van der Waals surface area contributed by atoms with Gasteiger partial charge in [0, 0.05) is 5.69 Å².